The predicted molar refractivity (Wildman–Crippen MR) is 138 cm³/mol. The van der Waals surface area contributed by atoms with Crippen LogP contribution in [0.15, 0.2) is 60.9 Å². The molecule has 0 unspecified atom stereocenters. The van der Waals surface area contributed by atoms with Gasteiger partial charge in [-0.05, 0) is 49.4 Å². The number of piperazine rings is 1. The summed E-state index contributed by atoms with van der Waals surface area (Å²) in [6.07, 6.45) is 6.57. The number of nitrogens with zero attached hydrogens (tertiary/aromatic N) is 6. The minimum Gasteiger partial charge on any atom is -0.506 e. The minimum atomic E-state index is -0.0456. The highest BCUT2D eigenvalue weighted by atomic mass is 16.3. The molecule has 0 radical (unpaired) electrons. The Balaban J connectivity index is 1.24. The first-order valence-electron chi connectivity index (χ1n) is 12.4. The summed E-state index contributed by atoms with van der Waals surface area (Å²) in [5, 5.41) is 14.7. The van der Waals surface area contributed by atoms with Crippen LogP contribution in [-0.4, -0.2) is 61.8 Å². The summed E-state index contributed by atoms with van der Waals surface area (Å²) in [4.78, 5) is 26.9. The van der Waals surface area contributed by atoms with Crippen LogP contribution in [0, 0.1) is 6.92 Å². The maximum Gasteiger partial charge on any atom is 0.257 e. The quantitative estimate of drug-likeness (QED) is 0.480. The third-order valence-corrected chi connectivity index (χ3v) is 7.24. The zero-order chi connectivity index (χ0) is 24.6. The van der Waals surface area contributed by atoms with Gasteiger partial charge in [0.15, 0.2) is 0 Å². The van der Waals surface area contributed by atoms with Crippen LogP contribution in [0.4, 0.5) is 5.69 Å². The van der Waals surface area contributed by atoms with Gasteiger partial charge in [-0.1, -0.05) is 36.4 Å². The van der Waals surface area contributed by atoms with Crippen molar-refractivity contribution in [1.29, 1.82) is 0 Å². The summed E-state index contributed by atoms with van der Waals surface area (Å²) in [5.41, 5.74) is 6.64. The lowest BCUT2D eigenvalue weighted by atomic mass is 10.0. The second-order valence-electron chi connectivity index (χ2n) is 9.38. The maximum absolute atomic E-state index is 13.4. The molecule has 1 fully saturated rings. The van der Waals surface area contributed by atoms with Crippen molar-refractivity contribution in [2.75, 3.05) is 31.1 Å². The number of hydrogen-bond donors (Lipinski definition) is 1. The average molecular weight is 481 g/mol. The van der Waals surface area contributed by atoms with Gasteiger partial charge in [0.05, 0.1) is 28.8 Å². The predicted octanol–water partition coefficient (Wildman–Crippen LogP) is 3.79. The fraction of sp³-hybridized carbons (Fsp3) is 0.286. The molecule has 0 atom stereocenters. The Bertz CT molecular complexity index is 1440. The molecule has 1 aliphatic heterocycles. The Kier molecular flexibility index (Phi) is 5.64. The molecule has 2 aromatic carbocycles. The van der Waals surface area contributed by atoms with Crippen molar-refractivity contribution in [1.82, 2.24) is 24.6 Å². The molecule has 3 heterocycles. The summed E-state index contributed by atoms with van der Waals surface area (Å²) in [7, 11) is 0. The highest BCUT2D eigenvalue weighted by Gasteiger charge is 2.27. The fourth-order valence-corrected chi connectivity index (χ4v) is 5.23. The molecule has 1 N–H and O–H groups in total. The number of rotatable bonds is 3. The van der Waals surface area contributed by atoms with Gasteiger partial charge in [-0.2, -0.15) is 5.10 Å². The fourth-order valence-electron chi connectivity index (χ4n) is 5.23. The van der Waals surface area contributed by atoms with E-state index in [1.54, 1.807) is 16.9 Å². The topological polar surface area (TPSA) is 87.4 Å². The number of amides is 1. The normalized spacial score (nSPS) is 15.2. The molecule has 4 aromatic rings. The largest absolute Gasteiger partial charge is 0.506 e. The first-order valence-corrected chi connectivity index (χ1v) is 12.4. The van der Waals surface area contributed by atoms with Crippen molar-refractivity contribution in [3.05, 3.63) is 83.3 Å². The molecule has 2 aromatic heterocycles. The van der Waals surface area contributed by atoms with Crippen LogP contribution in [0.2, 0.25) is 0 Å². The summed E-state index contributed by atoms with van der Waals surface area (Å²) in [6.45, 7) is 4.35. The molecule has 36 heavy (non-hydrogen) atoms. The first kappa shape index (κ1) is 22.3. The lowest BCUT2D eigenvalue weighted by Crippen LogP contribution is -2.48. The number of carbonyl (C=O) groups is 1. The number of anilines is 1. The Labute approximate surface area is 209 Å². The van der Waals surface area contributed by atoms with Crippen LogP contribution in [0.1, 0.15) is 33.6 Å². The number of aryl methyl sites for hydroxylation is 2. The number of aromatic hydroxyl groups is 1. The van der Waals surface area contributed by atoms with E-state index in [0.717, 1.165) is 47.5 Å². The molecule has 0 bridgehead atoms. The SMILES string of the molecule is Cc1c(C(=O)N2CCN(c3ccccc3O)CC2)cnn1-c1ncc2c(n1)-c1ccccc1CCC2. The number of carbonyl (C=O) groups excluding carboxylic acids is 1. The molecular formula is C28H28N6O2. The summed E-state index contributed by atoms with van der Waals surface area (Å²) >= 11 is 0. The number of phenolic OH excluding ortho intramolecular Hbond substituents is 1. The Hall–Kier alpha value is -4.20. The smallest absolute Gasteiger partial charge is 0.257 e. The van der Waals surface area contributed by atoms with Gasteiger partial charge in [-0.25, -0.2) is 14.6 Å². The summed E-state index contributed by atoms with van der Waals surface area (Å²) in [5.74, 6) is 0.694. The average Bonchev–Trinajstić information content (AvgIpc) is 3.20. The molecule has 6 rings (SSSR count). The van der Waals surface area contributed by atoms with Crippen LogP contribution in [0.5, 0.6) is 5.75 Å². The second kappa shape index (κ2) is 9.11. The molecule has 0 saturated carbocycles. The first-order chi connectivity index (χ1) is 17.6. The highest BCUT2D eigenvalue weighted by molar-refractivity contribution is 5.95. The molecule has 182 valence electrons. The molecular weight excluding hydrogens is 452 g/mol. The van der Waals surface area contributed by atoms with Crippen molar-refractivity contribution in [2.24, 2.45) is 0 Å². The Morgan fingerprint density at radius 3 is 2.50 bits per heavy atom. The van der Waals surface area contributed by atoms with E-state index in [1.165, 1.54) is 5.56 Å². The number of phenols is 1. The van der Waals surface area contributed by atoms with E-state index < -0.39 is 0 Å². The van der Waals surface area contributed by atoms with Gasteiger partial charge < -0.3 is 14.9 Å². The van der Waals surface area contributed by atoms with Crippen LogP contribution in [-0.2, 0) is 12.8 Å². The second-order valence-corrected chi connectivity index (χ2v) is 9.38. The van der Waals surface area contributed by atoms with Crippen LogP contribution in [0.3, 0.4) is 0 Å². The highest BCUT2D eigenvalue weighted by Crippen LogP contribution is 2.31. The van der Waals surface area contributed by atoms with E-state index in [2.05, 4.69) is 33.2 Å². The standard InChI is InChI=1S/C28H28N6O2/c1-19-23(27(36)33-15-13-32(14-16-33)24-11-4-5-12-25(24)35)18-30-34(19)28-29-17-21-9-6-8-20-7-2-3-10-22(20)26(21)31-28/h2-5,7,10-12,17-18,35H,6,8-9,13-16H2,1H3. The van der Waals surface area contributed by atoms with Gasteiger partial charge in [-0.15, -0.1) is 0 Å². The molecule has 1 amide bonds. The van der Waals surface area contributed by atoms with Gasteiger partial charge in [-0.3, -0.25) is 4.79 Å². The van der Waals surface area contributed by atoms with Crippen molar-refractivity contribution >= 4 is 11.6 Å². The monoisotopic (exact) mass is 480 g/mol. The third-order valence-electron chi connectivity index (χ3n) is 7.24. The van der Waals surface area contributed by atoms with Crippen LogP contribution < -0.4 is 4.90 Å². The molecule has 1 saturated heterocycles. The van der Waals surface area contributed by atoms with Crippen LogP contribution in [0.25, 0.3) is 17.2 Å². The van der Waals surface area contributed by atoms with E-state index >= 15 is 0 Å². The van der Waals surface area contributed by atoms with E-state index in [0.29, 0.717) is 37.7 Å². The maximum atomic E-state index is 13.4. The van der Waals surface area contributed by atoms with Gasteiger partial charge in [0.25, 0.3) is 11.9 Å². The summed E-state index contributed by atoms with van der Waals surface area (Å²) < 4.78 is 1.67. The van der Waals surface area contributed by atoms with E-state index in [4.69, 9.17) is 4.98 Å². The van der Waals surface area contributed by atoms with Crippen LogP contribution >= 0.6 is 0 Å². The third kappa shape index (κ3) is 3.88. The zero-order valence-electron chi connectivity index (χ0n) is 20.3. The Morgan fingerprint density at radius 2 is 1.67 bits per heavy atom. The van der Waals surface area contributed by atoms with Crippen molar-refractivity contribution in [3.8, 4) is 23.0 Å². The van der Waals surface area contributed by atoms with E-state index in [-0.39, 0.29) is 11.7 Å². The minimum absolute atomic E-state index is 0.0456. The number of benzene rings is 2. The zero-order valence-corrected chi connectivity index (χ0v) is 20.3. The van der Waals surface area contributed by atoms with Gasteiger partial charge in [0, 0.05) is 37.9 Å². The van der Waals surface area contributed by atoms with Gasteiger partial charge in [0.2, 0.25) is 0 Å². The van der Waals surface area contributed by atoms with E-state index in [1.807, 2.05) is 42.3 Å². The molecule has 0 spiro atoms. The number of fused-ring (bicyclic) bond motifs is 3. The number of para-hydroxylation sites is 2. The number of aromatic nitrogens is 4. The van der Waals surface area contributed by atoms with E-state index in [9.17, 15) is 9.90 Å². The molecule has 2 aliphatic rings. The molecule has 1 aliphatic carbocycles. The van der Waals surface area contributed by atoms with Gasteiger partial charge >= 0.3 is 0 Å². The lowest BCUT2D eigenvalue weighted by Gasteiger charge is -2.36. The van der Waals surface area contributed by atoms with Gasteiger partial charge in [0.1, 0.15) is 5.75 Å². The summed E-state index contributed by atoms with van der Waals surface area (Å²) in [6, 6.07) is 15.7. The lowest BCUT2D eigenvalue weighted by molar-refractivity contribution is 0.0746. The Morgan fingerprint density at radius 1 is 0.917 bits per heavy atom. The van der Waals surface area contributed by atoms with Crippen molar-refractivity contribution in [2.45, 2.75) is 26.2 Å². The number of hydrogen-bond acceptors (Lipinski definition) is 6. The van der Waals surface area contributed by atoms with Crippen molar-refractivity contribution in [3.63, 3.8) is 0 Å². The van der Waals surface area contributed by atoms with Crippen molar-refractivity contribution < 1.29 is 9.90 Å². The molecule has 8 nitrogen and oxygen atoms in total. The molecule has 8 heteroatoms.